The molecule has 0 bridgehead atoms. The molecule has 2 aromatic rings. The maximum Gasteiger partial charge on any atom is 0.244 e. The van der Waals surface area contributed by atoms with E-state index in [1.807, 2.05) is 0 Å². The average Bonchev–Trinajstić information content (AvgIpc) is 2.64. The monoisotopic (exact) mass is 399 g/mol. The molecule has 1 aliphatic heterocycles. The number of nitrogens with one attached hydrogen (secondary N) is 1. The van der Waals surface area contributed by atoms with Crippen LogP contribution in [0.15, 0.2) is 53.4 Å². The summed E-state index contributed by atoms with van der Waals surface area (Å²) in [6, 6.07) is 12.4. The number of rotatable bonds is 6. The smallest absolute Gasteiger partial charge is 0.244 e. The van der Waals surface area contributed by atoms with E-state index in [1.54, 1.807) is 30.3 Å². The molecule has 0 aliphatic carbocycles. The van der Waals surface area contributed by atoms with Gasteiger partial charge in [-0.2, -0.15) is 4.31 Å². The van der Waals surface area contributed by atoms with Crippen LogP contribution in [0.4, 0.5) is 4.39 Å². The Labute approximate surface area is 158 Å². The van der Waals surface area contributed by atoms with Gasteiger partial charge in [-0.05, 0) is 36.4 Å². The molecule has 1 heterocycles. The Hall–Kier alpha value is -1.67. The van der Waals surface area contributed by atoms with Crippen LogP contribution in [0.25, 0.3) is 0 Å². The molecule has 0 radical (unpaired) electrons. The van der Waals surface area contributed by atoms with Gasteiger partial charge in [0.2, 0.25) is 10.0 Å². The van der Waals surface area contributed by atoms with Crippen molar-refractivity contribution in [2.75, 3.05) is 39.3 Å². The van der Waals surface area contributed by atoms with Crippen molar-refractivity contribution in [3.05, 3.63) is 59.4 Å². The first kappa shape index (κ1) is 19.1. The number of hydrogen-bond donors (Lipinski definition) is 1. The fourth-order valence-corrected chi connectivity index (χ4v) is 4.86. The summed E-state index contributed by atoms with van der Waals surface area (Å²) in [7, 11) is -3.56. The number of hydrogen-bond acceptors (Lipinski definition) is 3. The molecule has 26 heavy (non-hydrogen) atoms. The number of nitrogens with zero attached hydrogens (tertiary/aromatic N) is 1. The molecular weight excluding hydrogens is 379 g/mol. The first-order valence-corrected chi connectivity index (χ1v) is 10.3. The summed E-state index contributed by atoms with van der Waals surface area (Å²) < 4.78 is 45.4. The minimum Gasteiger partial charge on any atom is -0.488 e. The lowest BCUT2D eigenvalue weighted by Gasteiger charge is -2.31. The molecule has 1 saturated heterocycles. The van der Waals surface area contributed by atoms with Crippen molar-refractivity contribution in [3.8, 4) is 5.75 Å². The average molecular weight is 400 g/mol. The van der Waals surface area contributed by atoms with Crippen LogP contribution >= 0.6 is 11.6 Å². The van der Waals surface area contributed by atoms with Crippen molar-refractivity contribution in [1.82, 2.24) is 4.31 Å². The first-order chi connectivity index (χ1) is 12.5. The van der Waals surface area contributed by atoms with E-state index in [1.165, 1.54) is 27.4 Å². The van der Waals surface area contributed by atoms with E-state index in [-0.39, 0.29) is 15.7 Å². The third-order valence-corrected chi connectivity index (χ3v) is 6.82. The lowest BCUT2D eigenvalue weighted by molar-refractivity contribution is -0.903. The molecule has 1 fully saturated rings. The van der Waals surface area contributed by atoms with Gasteiger partial charge in [-0.1, -0.05) is 23.7 Å². The third kappa shape index (κ3) is 4.54. The zero-order chi connectivity index (χ0) is 18.6. The van der Waals surface area contributed by atoms with Crippen LogP contribution in [-0.4, -0.2) is 52.1 Å². The largest absolute Gasteiger partial charge is 0.488 e. The summed E-state index contributed by atoms with van der Waals surface area (Å²) in [5, 5.41) is 0.245. The Bertz CT molecular complexity index is 838. The molecule has 0 amide bonds. The second-order valence-electron chi connectivity index (χ2n) is 6.14. The van der Waals surface area contributed by atoms with Crippen molar-refractivity contribution in [2.45, 2.75) is 4.90 Å². The van der Waals surface area contributed by atoms with Crippen LogP contribution in [0, 0.1) is 5.82 Å². The Morgan fingerprint density at radius 2 is 1.73 bits per heavy atom. The molecule has 0 atom stereocenters. The van der Waals surface area contributed by atoms with E-state index in [2.05, 4.69) is 0 Å². The molecule has 0 spiro atoms. The van der Waals surface area contributed by atoms with Gasteiger partial charge in [-0.15, -0.1) is 0 Å². The highest BCUT2D eigenvalue weighted by atomic mass is 35.5. The van der Waals surface area contributed by atoms with Gasteiger partial charge in [0, 0.05) is 0 Å². The highest BCUT2D eigenvalue weighted by molar-refractivity contribution is 7.89. The van der Waals surface area contributed by atoms with Crippen molar-refractivity contribution in [1.29, 1.82) is 0 Å². The summed E-state index contributed by atoms with van der Waals surface area (Å²) in [6.45, 7) is 3.56. The summed E-state index contributed by atoms with van der Waals surface area (Å²) >= 11 is 6.04. The van der Waals surface area contributed by atoms with Crippen LogP contribution in [0.2, 0.25) is 5.02 Å². The number of quaternary nitrogens is 1. The van der Waals surface area contributed by atoms with Gasteiger partial charge >= 0.3 is 0 Å². The molecule has 1 aliphatic rings. The van der Waals surface area contributed by atoms with E-state index >= 15 is 0 Å². The van der Waals surface area contributed by atoms with Gasteiger partial charge in [0.1, 0.15) is 29.6 Å². The molecule has 0 unspecified atom stereocenters. The van der Waals surface area contributed by atoms with Gasteiger partial charge in [0.25, 0.3) is 0 Å². The summed E-state index contributed by atoms with van der Waals surface area (Å²) in [5.74, 6) is 0.338. The fraction of sp³-hybridized carbons (Fsp3) is 0.333. The normalized spacial score (nSPS) is 16.5. The third-order valence-electron chi connectivity index (χ3n) is 4.42. The SMILES string of the molecule is O=S(=O)(c1ccccc1Cl)N1CC[NH+](CCOc2ccc(F)cc2)CC1. The Morgan fingerprint density at radius 3 is 2.38 bits per heavy atom. The van der Waals surface area contributed by atoms with E-state index in [0.717, 1.165) is 6.54 Å². The van der Waals surface area contributed by atoms with Crippen LogP contribution in [0.1, 0.15) is 0 Å². The minimum atomic E-state index is -3.56. The molecule has 0 saturated carbocycles. The van der Waals surface area contributed by atoms with Gasteiger partial charge in [0.05, 0.1) is 31.2 Å². The van der Waals surface area contributed by atoms with Crippen LogP contribution in [-0.2, 0) is 10.0 Å². The number of benzene rings is 2. The standard InChI is InChI=1S/C18H20ClFN2O3S/c19-17-3-1-2-4-18(17)26(23,24)22-11-9-21(10-12-22)13-14-25-16-7-5-15(20)6-8-16/h1-8H,9-14H2/p+1. The second-order valence-corrected chi connectivity index (χ2v) is 8.45. The zero-order valence-corrected chi connectivity index (χ0v) is 15.8. The van der Waals surface area contributed by atoms with Gasteiger partial charge in [-0.25, -0.2) is 12.8 Å². The predicted molar refractivity (Wildman–Crippen MR) is 97.7 cm³/mol. The predicted octanol–water partition coefficient (Wildman–Crippen LogP) is 1.45. The lowest BCUT2D eigenvalue weighted by Crippen LogP contribution is -3.15. The van der Waals surface area contributed by atoms with Crippen LogP contribution in [0.5, 0.6) is 5.75 Å². The summed E-state index contributed by atoms with van der Waals surface area (Å²) in [5.41, 5.74) is 0. The number of ether oxygens (including phenoxy) is 1. The van der Waals surface area contributed by atoms with Crippen molar-refractivity contribution in [2.24, 2.45) is 0 Å². The van der Waals surface area contributed by atoms with Gasteiger partial charge in [-0.3, -0.25) is 0 Å². The summed E-state index contributed by atoms with van der Waals surface area (Å²) in [6.07, 6.45) is 0. The molecule has 140 valence electrons. The molecular formula is C18H21ClFN2O3S+. The van der Waals surface area contributed by atoms with Crippen LogP contribution < -0.4 is 9.64 Å². The molecule has 8 heteroatoms. The molecule has 1 N–H and O–H groups in total. The van der Waals surface area contributed by atoms with E-state index in [4.69, 9.17) is 16.3 Å². The number of halogens is 2. The van der Waals surface area contributed by atoms with Crippen molar-refractivity contribution >= 4 is 21.6 Å². The Kier molecular flexibility index (Phi) is 6.13. The first-order valence-electron chi connectivity index (χ1n) is 8.43. The van der Waals surface area contributed by atoms with E-state index in [9.17, 15) is 12.8 Å². The second kappa shape index (κ2) is 8.35. The van der Waals surface area contributed by atoms with Gasteiger partial charge in [0.15, 0.2) is 0 Å². The Balaban J connectivity index is 1.49. The maximum absolute atomic E-state index is 12.9. The maximum atomic E-state index is 12.9. The highest BCUT2D eigenvalue weighted by Gasteiger charge is 2.31. The van der Waals surface area contributed by atoms with Crippen molar-refractivity contribution < 1.29 is 22.4 Å². The molecule has 0 aromatic heterocycles. The van der Waals surface area contributed by atoms with E-state index in [0.29, 0.717) is 38.5 Å². The topological polar surface area (TPSA) is 51.0 Å². The number of piperazine rings is 1. The zero-order valence-electron chi connectivity index (χ0n) is 14.2. The summed E-state index contributed by atoms with van der Waals surface area (Å²) in [4.78, 5) is 1.43. The Morgan fingerprint density at radius 1 is 1.08 bits per heavy atom. The lowest BCUT2D eigenvalue weighted by atomic mass is 10.3. The molecule has 5 nitrogen and oxygen atoms in total. The quantitative estimate of drug-likeness (QED) is 0.799. The molecule has 2 aromatic carbocycles. The molecule has 3 rings (SSSR count). The van der Waals surface area contributed by atoms with Crippen molar-refractivity contribution in [3.63, 3.8) is 0 Å². The fourth-order valence-electron chi connectivity index (χ4n) is 2.93. The van der Waals surface area contributed by atoms with E-state index < -0.39 is 10.0 Å². The highest BCUT2D eigenvalue weighted by Crippen LogP contribution is 2.24. The number of sulfonamides is 1. The van der Waals surface area contributed by atoms with Gasteiger partial charge < -0.3 is 9.64 Å². The minimum absolute atomic E-state index is 0.157. The van der Waals surface area contributed by atoms with Crippen LogP contribution in [0.3, 0.4) is 0 Å².